The van der Waals surface area contributed by atoms with Gasteiger partial charge < -0.3 is 5.11 Å². The third kappa shape index (κ3) is 12.4. The predicted molar refractivity (Wildman–Crippen MR) is 84.0 cm³/mol. The molecule has 0 aromatic carbocycles. The van der Waals surface area contributed by atoms with Gasteiger partial charge in [0.25, 0.3) is 0 Å². The van der Waals surface area contributed by atoms with Crippen LogP contribution in [0.5, 0.6) is 0 Å². The molecule has 0 spiro atoms. The number of hydrogen-bond donors (Lipinski definition) is 1. The van der Waals surface area contributed by atoms with Gasteiger partial charge >= 0.3 is 0 Å². The molecule has 0 saturated heterocycles. The first-order valence-corrected chi connectivity index (χ1v) is 8.31. The van der Waals surface area contributed by atoms with Crippen LogP contribution in [-0.4, -0.2) is 11.2 Å². The summed E-state index contributed by atoms with van der Waals surface area (Å²) < 4.78 is 0. The number of aliphatic hydroxyl groups excluding tert-OH is 1. The fourth-order valence-electron chi connectivity index (χ4n) is 2.55. The van der Waals surface area contributed by atoms with E-state index >= 15 is 0 Å². The minimum absolute atomic E-state index is 0.0231. The average Bonchev–Trinajstić information content (AvgIpc) is 2.76. The van der Waals surface area contributed by atoms with E-state index in [0.717, 1.165) is 24.7 Å². The van der Waals surface area contributed by atoms with E-state index in [0.29, 0.717) is 0 Å². The first-order valence-electron chi connectivity index (χ1n) is 8.31. The summed E-state index contributed by atoms with van der Waals surface area (Å²) in [4.78, 5) is 0. The quantitative estimate of drug-likeness (QED) is 0.660. The zero-order valence-electron chi connectivity index (χ0n) is 13.8. The second-order valence-corrected chi connectivity index (χ2v) is 5.42. The smallest absolute Gasteiger partial charge is 0.0542 e. The third-order valence-electron chi connectivity index (χ3n) is 3.64. The maximum Gasteiger partial charge on any atom is 0.0542 e. The van der Waals surface area contributed by atoms with Crippen molar-refractivity contribution in [3.05, 3.63) is 0 Å². The lowest BCUT2D eigenvalue weighted by Gasteiger charge is -2.10. The molecule has 1 saturated carbocycles. The summed E-state index contributed by atoms with van der Waals surface area (Å²) in [5, 5.41) is 8.90. The van der Waals surface area contributed by atoms with Gasteiger partial charge in [-0.2, -0.15) is 0 Å². The van der Waals surface area contributed by atoms with Gasteiger partial charge in [-0.15, -0.1) is 0 Å². The van der Waals surface area contributed by atoms with Gasteiger partial charge in [0.05, 0.1) is 6.10 Å². The van der Waals surface area contributed by atoms with Crippen molar-refractivity contribution < 1.29 is 5.11 Å². The molecule has 0 amide bonds. The molecule has 1 nitrogen and oxygen atoms in total. The van der Waals surface area contributed by atoms with Crippen LogP contribution in [0.3, 0.4) is 0 Å². The molecule has 1 aliphatic carbocycles. The maximum absolute atomic E-state index is 8.90. The van der Waals surface area contributed by atoms with Crippen molar-refractivity contribution in [1.82, 2.24) is 0 Å². The topological polar surface area (TPSA) is 20.2 Å². The number of rotatable bonds is 5. The second-order valence-electron chi connectivity index (χ2n) is 5.42. The molecule has 0 heterocycles. The molecule has 112 valence electrons. The lowest BCUT2D eigenvalue weighted by Crippen LogP contribution is -1.97. The molecular weight excluding hydrogens is 220 g/mol. The molecule has 0 aliphatic heterocycles. The largest absolute Gasteiger partial charge is 0.393 e. The minimum Gasteiger partial charge on any atom is -0.393 e. The Kier molecular flexibility index (Phi) is 16.9. The van der Waals surface area contributed by atoms with Crippen molar-refractivity contribution in [3.63, 3.8) is 0 Å². The van der Waals surface area contributed by atoms with Crippen LogP contribution in [0.1, 0.15) is 92.9 Å². The van der Waals surface area contributed by atoms with Gasteiger partial charge in [-0.05, 0) is 31.1 Å². The molecule has 2 unspecified atom stereocenters. The highest BCUT2D eigenvalue weighted by Gasteiger charge is 2.17. The fraction of sp³-hybridized carbons (Fsp3) is 1.00. The molecule has 1 fully saturated rings. The molecule has 18 heavy (non-hydrogen) atoms. The Balaban J connectivity index is 0. The first-order chi connectivity index (χ1) is 8.63. The summed E-state index contributed by atoms with van der Waals surface area (Å²) in [6.07, 6.45) is 10.3. The van der Waals surface area contributed by atoms with Crippen LogP contribution in [0.2, 0.25) is 0 Å². The standard InChI is InChI=1S/C9H20.C6H12O.C2H6/c1-4-7-9(6-3)8-5-2;1-5-2-3-6(7)4-5;1-2/h9H,4-8H2,1-3H3;5-7H,2-4H2,1H3;1-2H3. The Morgan fingerprint density at radius 1 is 1.00 bits per heavy atom. The van der Waals surface area contributed by atoms with E-state index in [1.807, 2.05) is 13.8 Å². The molecule has 0 bridgehead atoms. The third-order valence-corrected chi connectivity index (χ3v) is 3.64. The Labute approximate surface area is 116 Å². The highest BCUT2D eigenvalue weighted by atomic mass is 16.3. The van der Waals surface area contributed by atoms with Crippen molar-refractivity contribution in [2.75, 3.05) is 0 Å². The highest BCUT2D eigenvalue weighted by Crippen LogP contribution is 2.23. The summed E-state index contributed by atoms with van der Waals surface area (Å²) in [7, 11) is 0. The van der Waals surface area contributed by atoms with Crippen LogP contribution in [-0.2, 0) is 0 Å². The Morgan fingerprint density at radius 2 is 1.50 bits per heavy atom. The normalized spacial score (nSPS) is 22.0. The number of aliphatic hydroxyl groups is 1. The summed E-state index contributed by atoms with van der Waals surface area (Å²) in [6.45, 7) is 13.0. The Morgan fingerprint density at radius 3 is 1.67 bits per heavy atom. The second kappa shape index (κ2) is 15.0. The van der Waals surface area contributed by atoms with Crippen molar-refractivity contribution in [2.24, 2.45) is 11.8 Å². The Hall–Kier alpha value is -0.0400. The molecule has 2 atom stereocenters. The van der Waals surface area contributed by atoms with E-state index in [4.69, 9.17) is 5.11 Å². The van der Waals surface area contributed by atoms with Gasteiger partial charge in [-0.3, -0.25) is 0 Å². The molecule has 1 N–H and O–H groups in total. The Bertz CT molecular complexity index is 131. The first kappa shape index (κ1) is 20.3. The van der Waals surface area contributed by atoms with E-state index in [1.165, 1.54) is 38.5 Å². The molecule has 1 aliphatic rings. The monoisotopic (exact) mass is 258 g/mol. The summed E-state index contributed by atoms with van der Waals surface area (Å²) >= 11 is 0. The van der Waals surface area contributed by atoms with E-state index < -0.39 is 0 Å². The fourth-order valence-corrected chi connectivity index (χ4v) is 2.55. The predicted octanol–water partition coefficient (Wildman–Crippen LogP) is 5.81. The molecule has 1 rings (SSSR count). The van der Waals surface area contributed by atoms with E-state index in [9.17, 15) is 0 Å². The minimum atomic E-state index is 0.0231. The van der Waals surface area contributed by atoms with Gasteiger partial charge in [0, 0.05) is 0 Å². The van der Waals surface area contributed by atoms with E-state index in [-0.39, 0.29) is 6.10 Å². The zero-order valence-corrected chi connectivity index (χ0v) is 13.8. The van der Waals surface area contributed by atoms with E-state index in [1.54, 1.807) is 0 Å². The van der Waals surface area contributed by atoms with Crippen molar-refractivity contribution in [3.8, 4) is 0 Å². The zero-order chi connectivity index (χ0) is 14.4. The molecule has 0 aromatic rings. The van der Waals surface area contributed by atoms with Crippen molar-refractivity contribution in [2.45, 2.75) is 99.0 Å². The lowest BCUT2D eigenvalue weighted by molar-refractivity contribution is 0.179. The van der Waals surface area contributed by atoms with E-state index in [2.05, 4.69) is 27.7 Å². The van der Waals surface area contributed by atoms with Crippen LogP contribution in [0, 0.1) is 11.8 Å². The van der Waals surface area contributed by atoms with Gasteiger partial charge in [0.2, 0.25) is 0 Å². The van der Waals surface area contributed by atoms with Crippen LogP contribution in [0.15, 0.2) is 0 Å². The SMILES string of the molecule is CC.CC1CCC(O)C1.CCCC(CC)CCC. The summed E-state index contributed by atoms with van der Waals surface area (Å²) in [5.74, 6) is 1.79. The summed E-state index contributed by atoms with van der Waals surface area (Å²) in [6, 6.07) is 0. The lowest BCUT2D eigenvalue weighted by atomic mass is 9.96. The number of hydrogen-bond acceptors (Lipinski definition) is 1. The van der Waals surface area contributed by atoms with Crippen LogP contribution in [0.25, 0.3) is 0 Å². The highest BCUT2D eigenvalue weighted by molar-refractivity contribution is 4.70. The van der Waals surface area contributed by atoms with Crippen molar-refractivity contribution >= 4 is 0 Å². The molecular formula is C17H38O. The van der Waals surface area contributed by atoms with Crippen LogP contribution < -0.4 is 0 Å². The van der Waals surface area contributed by atoms with Crippen LogP contribution in [0.4, 0.5) is 0 Å². The van der Waals surface area contributed by atoms with Crippen LogP contribution >= 0.6 is 0 Å². The molecule has 0 aromatic heterocycles. The maximum atomic E-state index is 8.90. The van der Waals surface area contributed by atoms with Crippen molar-refractivity contribution in [1.29, 1.82) is 0 Å². The van der Waals surface area contributed by atoms with Gasteiger partial charge in [0.1, 0.15) is 0 Å². The van der Waals surface area contributed by atoms with Gasteiger partial charge in [0.15, 0.2) is 0 Å². The summed E-state index contributed by atoms with van der Waals surface area (Å²) in [5.41, 5.74) is 0. The molecule has 1 heteroatoms. The van der Waals surface area contributed by atoms with Gasteiger partial charge in [-0.25, -0.2) is 0 Å². The van der Waals surface area contributed by atoms with Gasteiger partial charge in [-0.1, -0.05) is 73.6 Å². The average molecular weight is 258 g/mol. The molecule has 0 radical (unpaired) electrons.